The highest BCUT2D eigenvalue weighted by Gasteiger charge is 2.31. The van der Waals surface area contributed by atoms with Crippen molar-refractivity contribution in [2.75, 3.05) is 0 Å². The molecule has 0 saturated carbocycles. The van der Waals surface area contributed by atoms with Gasteiger partial charge in [-0.1, -0.05) is 62.4 Å². The maximum atomic E-state index is 13.4. The van der Waals surface area contributed by atoms with Gasteiger partial charge in [-0.15, -0.1) is 0 Å². The Labute approximate surface area is 188 Å². The number of pyridine rings is 1. The zero-order chi connectivity index (χ0) is 22.9. The lowest BCUT2D eigenvalue weighted by molar-refractivity contribution is -0.143. The number of hydrogen-bond acceptors (Lipinski definition) is 3. The number of halogens is 1. The molecule has 0 radical (unpaired) electrons. The Kier molecular flexibility index (Phi) is 8.08. The lowest BCUT2D eigenvalue weighted by Crippen LogP contribution is -2.51. The van der Waals surface area contributed by atoms with E-state index in [2.05, 4.69) is 10.3 Å². The Balaban J connectivity index is 1.89. The van der Waals surface area contributed by atoms with Crippen LogP contribution >= 0.6 is 0 Å². The smallest absolute Gasteiger partial charge is 0.243 e. The molecule has 1 N–H and O–H groups in total. The van der Waals surface area contributed by atoms with Crippen LogP contribution in [-0.2, 0) is 29.1 Å². The molecular formula is C26H28FN3O2. The van der Waals surface area contributed by atoms with Gasteiger partial charge in [0.05, 0.1) is 0 Å². The summed E-state index contributed by atoms with van der Waals surface area (Å²) in [5, 5.41) is 2.96. The third-order valence-corrected chi connectivity index (χ3v) is 5.18. The number of carbonyl (C=O) groups excluding carboxylic acids is 2. The van der Waals surface area contributed by atoms with Crippen LogP contribution in [0.1, 0.15) is 30.5 Å². The molecule has 2 aromatic carbocycles. The second-order valence-electron chi connectivity index (χ2n) is 8.03. The van der Waals surface area contributed by atoms with E-state index in [1.807, 2.05) is 56.3 Å². The molecule has 0 aliphatic carbocycles. The molecule has 3 aromatic rings. The number of rotatable bonds is 9. The summed E-state index contributed by atoms with van der Waals surface area (Å²) in [6.07, 6.45) is 3.75. The van der Waals surface area contributed by atoms with Crippen molar-refractivity contribution in [3.05, 3.63) is 102 Å². The van der Waals surface area contributed by atoms with Gasteiger partial charge in [-0.3, -0.25) is 14.6 Å². The van der Waals surface area contributed by atoms with Gasteiger partial charge < -0.3 is 10.2 Å². The Morgan fingerprint density at radius 1 is 0.938 bits per heavy atom. The summed E-state index contributed by atoms with van der Waals surface area (Å²) < 4.78 is 13.4. The van der Waals surface area contributed by atoms with Gasteiger partial charge in [-0.05, 0) is 34.9 Å². The summed E-state index contributed by atoms with van der Waals surface area (Å²) in [6.45, 7) is 4.16. The maximum Gasteiger partial charge on any atom is 0.243 e. The topological polar surface area (TPSA) is 62.3 Å². The van der Waals surface area contributed by atoms with Gasteiger partial charge in [0.1, 0.15) is 11.9 Å². The van der Waals surface area contributed by atoms with E-state index in [0.29, 0.717) is 13.0 Å². The molecule has 166 valence electrons. The highest BCUT2D eigenvalue weighted by atomic mass is 19.1. The van der Waals surface area contributed by atoms with Crippen LogP contribution in [0, 0.1) is 11.7 Å². The summed E-state index contributed by atoms with van der Waals surface area (Å²) in [7, 11) is 0. The fourth-order valence-corrected chi connectivity index (χ4v) is 3.45. The van der Waals surface area contributed by atoms with Crippen LogP contribution in [-0.4, -0.2) is 27.7 Å². The van der Waals surface area contributed by atoms with Crippen LogP contribution in [0.25, 0.3) is 0 Å². The third-order valence-electron chi connectivity index (χ3n) is 5.18. The van der Waals surface area contributed by atoms with Crippen molar-refractivity contribution in [1.82, 2.24) is 15.2 Å². The SMILES string of the molecule is CC(C)C(=O)N(Cc1ccc(F)cc1)[C@@H](Cc1ccccc1)C(=O)NCc1cccnc1. The molecule has 0 fully saturated rings. The van der Waals surface area contributed by atoms with E-state index in [1.54, 1.807) is 29.4 Å². The first-order valence-corrected chi connectivity index (χ1v) is 10.7. The molecule has 6 heteroatoms. The van der Waals surface area contributed by atoms with Gasteiger partial charge in [-0.2, -0.15) is 0 Å². The standard InChI is InChI=1S/C26H28FN3O2/c1-19(2)26(32)30(18-21-10-12-23(27)13-11-21)24(15-20-7-4-3-5-8-20)25(31)29-17-22-9-6-14-28-16-22/h3-14,16,19,24H,15,17-18H2,1-2H3,(H,29,31)/t24-/m0/s1. The third kappa shape index (κ3) is 6.48. The molecule has 3 rings (SSSR count). The molecule has 0 aliphatic rings. The van der Waals surface area contributed by atoms with Crippen LogP contribution in [0.4, 0.5) is 4.39 Å². The van der Waals surface area contributed by atoms with Gasteiger partial charge >= 0.3 is 0 Å². The van der Waals surface area contributed by atoms with E-state index in [1.165, 1.54) is 12.1 Å². The van der Waals surface area contributed by atoms with Crippen molar-refractivity contribution < 1.29 is 14.0 Å². The van der Waals surface area contributed by atoms with E-state index in [9.17, 15) is 14.0 Å². The number of hydrogen-bond donors (Lipinski definition) is 1. The van der Waals surface area contributed by atoms with Gasteiger partial charge in [0.2, 0.25) is 11.8 Å². The van der Waals surface area contributed by atoms with E-state index in [4.69, 9.17) is 0 Å². The highest BCUT2D eigenvalue weighted by Crippen LogP contribution is 2.18. The molecular weight excluding hydrogens is 405 g/mol. The predicted molar refractivity (Wildman–Crippen MR) is 122 cm³/mol. The van der Waals surface area contributed by atoms with Crippen molar-refractivity contribution >= 4 is 11.8 Å². The maximum absolute atomic E-state index is 13.4. The number of nitrogens with one attached hydrogen (secondary N) is 1. The highest BCUT2D eigenvalue weighted by molar-refractivity contribution is 5.88. The monoisotopic (exact) mass is 433 g/mol. The summed E-state index contributed by atoms with van der Waals surface area (Å²) >= 11 is 0. The molecule has 0 aliphatic heterocycles. The lowest BCUT2D eigenvalue weighted by atomic mass is 10.0. The van der Waals surface area contributed by atoms with E-state index in [-0.39, 0.29) is 30.1 Å². The first-order valence-electron chi connectivity index (χ1n) is 10.7. The van der Waals surface area contributed by atoms with E-state index in [0.717, 1.165) is 16.7 Å². The first-order chi connectivity index (χ1) is 15.4. The van der Waals surface area contributed by atoms with Gasteiger partial charge in [0.15, 0.2) is 0 Å². The fourth-order valence-electron chi connectivity index (χ4n) is 3.45. The molecule has 0 saturated heterocycles. The van der Waals surface area contributed by atoms with Crippen LogP contribution in [0.2, 0.25) is 0 Å². The van der Waals surface area contributed by atoms with Crippen LogP contribution in [0.3, 0.4) is 0 Å². The number of benzene rings is 2. The molecule has 5 nitrogen and oxygen atoms in total. The van der Waals surface area contributed by atoms with Crippen molar-refractivity contribution in [1.29, 1.82) is 0 Å². The predicted octanol–water partition coefficient (Wildman–Crippen LogP) is 4.13. The minimum absolute atomic E-state index is 0.133. The average molecular weight is 434 g/mol. The zero-order valence-electron chi connectivity index (χ0n) is 18.4. The van der Waals surface area contributed by atoms with Crippen molar-refractivity contribution in [3.8, 4) is 0 Å². The molecule has 1 heterocycles. The molecule has 32 heavy (non-hydrogen) atoms. The second-order valence-corrected chi connectivity index (χ2v) is 8.03. The van der Waals surface area contributed by atoms with E-state index >= 15 is 0 Å². The second kappa shape index (κ2) is 11.2. The zero-order valence-corrected chi connectivity index (χ0v) is 18.4. The van der Waals surface area contributed by atoms with Crippen molar-refractivity contribution in [2.24, 2.45) is 5.92 Å². The Hall–Kier alpha value is -3.54. The number of carbonyl (C=O) groups is 2. The Bertz CT molecular complexity index is 1010. The normalized spacial score (nSPS) is 11.8. The van der Waals surface area contributed by atoms with Crippen LogP contribution < -0.4 is 5.32 Å². The van der Waals surface area contributed by atoms with Crippen molar-refractivity contribution in [3.63, 3.8) is 0 Å². The summed E-state index contributed by atoms with van der Waals surface area (Å²) in [6, 6.07) is 18.6. The Morgan fingerprint density at radius 3 is 2.25 bits per heavy atom. The van der Waals surface area contributed by atoms with Gasteiger partial charge in [-0.25, -0.2) is 4.39 Å². The molecule has 2 amide bonds. The number of aromatic nitrogens is 1. The molecule has 0 unspecified atom stereocenters. The number of amides is 2. The molecule has 1 atom stereocenters. The summed E-state index contributed by atoms with van der Waals surface area (Å²) in [4.78, 5) is 32.2. The summed E-state index contributed by atoms with van der Waals surface area (Å²) in [5.41, 5.74) is 2.59. The molecule has 1 aromatic heterocycles. The quantitative estimate of drug-likeness (QED) is 0.552. The largest absolute Gasteiger partial charge is 0.350 e. The fraction of sp³-hybridized carbons (Fsp3) is 0.269. The summed E-state index contributed by atoms with van der Waals surface area (Å²) in [5.74, 6) is -1.01. The van der Waals surface area contributed by atoms with Gasteiger partial charge in [0.25, 0.3) is 0 Å². The van der Waals surface area contributed by atoms with Gasteiger partial charge in [0, 0.05) is 37.8 Å². The number of nitrogens with zero attached hydrogens (tertiary/aromatic N) is 2. The Morgan fingerprint density at radius 2 is 1.62 bits per heavy atom. The molecule has 0 bridgehead atoms. The lowest BCUT2D eigenvalue weighted by Gasteiger charge is -2.32. The first kappa shape index (κ1) is 23.1. The van der Waals surface area contributed by atoms with E-state index < -0.39 is 6.04 Å². The molecule has 0 spiro atoms. The minimum atomic E-state index is -0.714. The van der Waals surface area contributed by atoms with Crippen LogP contribution in [0.5, 0.6) is 0 Å². The van der Waals surface area contributed by atoms with Crippen molar-refractivity contribution in [2.45, 2.75) is 39.4 Å². The average Bonchev–Trinajstić information content (AvgIpc) is 2.81. The minimum Gasteiger partial charge on any atom is -0.350 e. The van der Waals surface area contributed by atoms with Crippen LogP contribution in [0.15, 0.2) is 79.1 Å².